The van der Waals surface area contributed by atoms with Gasteiger partial charge in [-0.1, -0.05) is 12.1 Å². The molecule has 5 aromatic rings. The van der Waals surface area contributed by atoms with Crippen molar-refractivity contribution < 1.29 is 13.6 Å². The van der Waals surface area contributed by atoms with Gasteiger partial charge in [0, 0.05) is 25.0 Å². The number of hydrogen-bond donors (Lipinski definition) is 2. The van der Waals surface area contributed by atoms with Gasteiger partial charge in [-0.25, -0.2) is 23.7 Å². The molecule has 5 heterocycles. The van der Waals surface area contributed by atoms with Crippen LogP contribution in [0.5, 0.6) is 0 Å². The van der Waals surface area contributed by atoms with Gasteiger partial charge in [0.1, 0.15) is 28.6 Å². The van der Waals surface area contributed by atoms with Gasteiger partial charge in [0.05, 0.1) is 23.1 Å². The van der Waals surface area contributed by atoms with Crippen LogP contribution in [0.15, 0.2) is 66.0 Å². The van der Waals surface area contributed by atoms with E-state index in [1.54, 1.807) is 42.0 Å². The maximum Gasteiger partial charge on any atom is 0.258 e. The summed E-state index contributed by atoms with van der Waals surface area (Å²) in [6.07, 6.45) is 6.39. The van der Waals surface area contributed by atoms with Gasteiger partial charge in [-0.15, -0.1) is 0 Å². The minimum absolute atomic E-state index is 0.0833. The second-order valence-corrected chi connectivity index (χ2v) is 8.61. The molecule has 1 atom stereocenters. The van der Waals surface area contributed by atoms with E-state index in [0.717, 1.165) is 11.8 Å². The van der Waals surface area contributed by atoms with E-state index in [4.69, 9.17) is 0 Å². The zero-order valence-electron chi connectivity index (χ0n) is 18.8. The third kappa shape index (κ3) is 3.35. The zero-order valence-corrected chi connectivity index (χ0v) is 18.8. The molecule has 11 heteroatoms. The van der Waals surface area contributed by atoms with Crippen molar-refractivity contribution in [3.8, 4) is 11.5 Å². The first-order chi connectivity index (χ1) is 17.3. The summed E-state index contributed by atoms with van der Waals surface area (Å²) in [6, 6.07) is 8.63. The average Bonchev–Trinajstić information content (AvgIpc) is 3.44. The summed E-state index contributed by atoms with van der Waals surface area (Å²) in [4.78, 5) is 46.5. The fourth-order valence-corrected chi connectivity index (χ4v) is 4.44. The number of carbonyl (C=O) groups is 1. The van der Waals surface area contributed by atoms with Crippen molar-refractivity contribution in [3.63, 3.8) is 0 Å². The van der Waals surface area contributed by atoms with Crippen molar-refractivity contribution in [1.29, 1.82) is 0 Å². The molecule has 178 valence electrons. The van der Waals surface area contributed by atoms with Crippen LogP contribution in [0.1, 0.15) is 29.4 Å². The Morgan fingerprint density at radius 3 is 2.53 bits per heavy atom. The monoisotopic (exact) mass is 485 g/mol. The van der Waals surface area contributed by atoms with Crippen LogP contribution < -0.4 is 10.9 Å². The summed E-state index contributed by atoms with van der Waals surface area (Å²) in [7, 11) is 0. The lowest BCUT2D eigenvalue weighted by Gasteiger charge is -2.20. The molecule has 2 N–H and O–H groups in total. The molecule has 0 fully saturated rings. The SMILES string of the molecule is CC1(c2ccc(F)cn2)C(=O)Nc2nc(-c3cn4ccnc4c(Cc4ccc(F)cc4)n3)[nH]c(=O)c21. The van der Waals surface area contributed by atoms with Crippen LogP contribution in [0.25, 0.3) is 17.2 Å². The van der Waals surface area contributed by atoms with Crippen molar-refractivity contribution in [2.24, 2.45) is 0 Å². The summed E-state index contributed by atoms with van der Waals surface area (Å²) in [5, 5.41) is 2.66. The van der Waals surface area contributed by atoms with E-state index in [1.165, 1.54) is 24.3 Å². The van der Waals surface area contributed by atoms with E-state index in [-0.39, 0.29) is 28.7 Å². The van der Waals surface area contributed by atoms with Crippen LogP contribution in [0.2, 0.25) is 0 Å². The van der Waals surface area contributed by atoms with Gasteiger partial charge in [-0.2, -0.15) is 0 Å². The van der Waals surface area contributed by atoms with E-state index in [1.807, 2.05) is 0 Å². The largest absolute Gasteiger partial charge is 0.309 e. The molecule has 4 aromatic heterocycles. The molecule has 0 bridgehead atoms. The first-order valence-corrected chi connectivity index (χ1v) is 11.0. The average molecular weight is 485 g/mol. The van der Waals surface area contributed by atoms with E-state index < -0.39 is 22.7 Å². The molecule has 1 aromatic carbocycles. The number of anilines is 1. The number of nitrogens with zero attached hydrogens (tertiary/aromatic N) is 5. The highest BCUT2D eigenvalue weighted by Crippen LogP contribution is 2.39. The fraction of sp³-hybridized carbons (Fsp3) is 0.120. The van der Waals surface area contributed by atoms with Crippen molar-refractivity contribution in [3.05, 3.63) is 106 Å². The minimum Gasteiger partial charge on any atom is -0.309 e. The van der Waals surface area contributed by atoms with Gasteiger partial charge >= 0.3 is 0 Å². The van der Waals surface area contributed by atoms with Crippen LogP contribution in [0.4, 0.5) is 14.6 Å². The molecular weight excluding hydrogens is 468 g/mol. The van der Waals surface area contributed by atoms with Crippen LogP contribution in [0.3, 0.4) is 0 Å². The number of aromatic amines is 1. The first kappa shape index (κ1) is 21.7. The van der Waals surface area contributed by atoms with Crippen LogP contribution in [0, 0.1) is 11.6 Å². The third-order valence-corrected chi connectivity index (χ3v) is 6.32. The maximum atomic E-state index is 13.4. The predicted octanol–water partition coefficient (Wildman–Crippen LogP) is 3.00. The van der Waals surface area contributed by atoms with Crippen LogP contribution >= 0.6 is 0 Å². The summed E-state index contributed by atoms with van der Waals surface area (Å²) in [5.74, 6) is -1.16. The number of halogens is 2. The molecule has 1 unspecified atom stereocenters. The lowest BCUT2D eigenvalue weighted by Crippen LogP contribution is -2.37. The quantitative estimate of drug-likeness (QED) is 0.404. The number of hydrogen-bond acceptors (Lipinski definition) is 6. The number of amides is 1. The Balaban J connectivity index is 1.46. The Bertz CT molecular complexity index is 1710. The van der Waals surface area contributed by atoms with Gasteiger partial charge < -0.3 is 14.7 Å². The topological polar surface area (TPSA) is 118 Å². The van der Waals surface area contributed by atoms with Crippen molar-refractivity contribution in [2.75, 3.05) is 5.32 Å². The molecule has 0 saturated carbocycles. The fourth-order valence-electron chi connectivity index (χ4n) is 4.44. The van der Waals surface area contributed by atoms with Gasteiger partial charge in [0.15, 0.2) is 11.5 Å². The predicted molar refractivity (Wildman–Crippen MR) is 125 cm³/mol. The second-order valence-electron chi connectivity index (χ2n) is 8.61. The number of rotatable bonds is 4. The van der Waals surface area contributed by atoms with E-state index in [0.29, 0.717) is 23.5 Å². The van der Waals surface area contributed by atoms with E-state index in [9.17, 15) is 18.4 Å². The summed E-state index contributed by atoms with van der Waals surface area (Å²) >= 11 is 0. The Hall–Kier alpha value is -4.80. The van der Waals surface area contributed by atoms with Crippen molar-refractivity contribution in [1.82, 2.24) is 29.3 Å². The Morgan fingerprint density at radius 1 is 1.00 bits per heavy atom. The number of carbonyl (C=O) groups excluding carboxylic acids is 1. The molecule has 1 aliphatic heterocycles. The zero-order chi connectivity index (χ0) is 25.0. The summed E-state index contributed by atoms with van der Waals surface area (Å²) in [6.45, 7) is 1.54. The molecule has 0 aliphatic carbocycles. The molecule has 1 amide bonds. The summed E-state index contributed by atoms with van der Waals surface area (Å²) < 4.78 is 28.5. The standard InChI is InChI=1S/C25H17F2N7O2/c1-25(18-7-6-15(27)11-29-18)19-21(33-24(25)36)31-20(32-23(19)35)17-12-34-9-8-28-22(34)16(30-17)10-13-2-4-14(26)5-3-13/h2-9,11-12H,10H2,1H3,(H2,31,32,33,35,36). The maximum absolute atomic E-state index is 13.4. The number of nitrogens with one attached hydrogen (secondary N) is 2. The van der Waals surface area contributed by atoms with E-state index >= 15 is 0 Å². The minimum atomic E-state index is -1.45. The molecule has 1 aliphatic rings. The lowest BCUT2D eigenvalue weighted by molar-refractivity contribution is -0.119. The van der Waals surface area contributed by atoms with Crippen LogP contribution in [-0.2, 0) is 16.6 Å². The number of imidazole rings is 1. The highest BCUT2D eigenvalue weighted by molar-refractivity contribution is 6.07. The van der Waals surface area contributed by atoms with Crippen molar-refractivity contribution >= 4 is 17.4 Å². The number of pyridine rings is 1. The van der Waals surface area contributed by atoms with Crippen LogP contribution in [-0.4, -0.2) is 35.2 Å². The molecular formula is C25H17F2N7O2. The van der Waals surface area contributed by atoms with E-state index in [2.05, 4.69) is 30.2 Å². The Labute approximate surface area is 201 Å². The van der Waals surface area contributed by atoms with Gasteiger partial charge in [0.2, 0.25) is 5.91 Å². The van der Waals surface area contributed by atoms with Crippen molar-refractivity contribution in [2.45, 2.75) is 18.8 Å². The number of fused-ring (bicyclic) bond motifs is 2. The number of H-pyrrole nitrogens is 1. The molecule has 0 saturated heterocycles. The Kier molecular flexibility index (Phi) is 4.75. The lowest BCUT2D eigenvalue weighted by atomic mass is 9.81. The smallest absolute Gasteiger partial charge is 0.258 e. The highest BCUT2D eigenvalue weighted by Gasteiger charge is 2.48. The highest BCUT2D eigenvalue weighted by atomic mass is 19.1. The number of aromatic nitrogens is 6. The normalized spacial score (nSPS) is 16.8. The number of benzene rings is 1. The summed E-state index contributed by atoms with van der Waals surface area (Å²) in [5.41, 5.74) is 0.695. The molecule has 9 nitrogen and oxygen atoms in total. The first-order valence-electron chi connectivity index (χ1n) is 11.0. The molecule has 0 radical (unpaired) electrons. The molecule has 36 heavy (non-hydrogen) atoms. The second kappa shape index (κ2) is 7.87. The molecule has 6 rings (SSSR count). The van der Waals surface area contributed by atoms with Gasteiger partial charge in [-0.05, 0) is 36.8 Å². The third-order valence-electron chi connectivity index (χ3n) is 6.32. The Morgan fingerprint density at radius 2 is 1.78 bits per heavy atom. The van der Waals surface area contributed by atoms with Gasteiger partial charge in [-0.3, -0.25) is 14.6 Å². The van der Waals surface area contributed by atoms with Gasteiger partial charge in [0.25, 0.3) is 5.56 Å². The molecule has 0 spiro atoms.